The van der Waals surface area contributed by atoms with E-state index < -0.39 is 10.0 Å². The third kappa shape index (κ3) is 4.19. The molecule has 3 aromatic rings. The van der Waals surface area contributed by atoms with Crippen LogP contribution in [0.15, 0.2) is 58.0 Å². The van der Waals surface area contributed by atoms with Crippen molar-refractivity contribution in [1.29, 1.82) is 0 Å². The van der Waals surface area contributed by atoms with Crippen LogP contribution in [0.3, 0.4) is 0 Å². The molecular weight excluding hydrogens is 463 g/mol. The van der Waals surface area contributed by atoms with E-state index in [1.165, 1.54) is 22.5 Å². The number of aromatic nitrogens is 3. The first-order chi connectivity index (χ1) is 13.8. The summed E-state index contributed by atoms with van der Waals surface area (Å²) in [5.74, 6) is 0.0246. The summed E-state index contributed by atoms with van der Waals surface area (Å²) in [6.07, 6.45) is 1.69. The van der Waals surface area contributed by atoms with E-state index in [4.69, 9.17) is 4.74 Å². The number of rotatable bonds is 4. The highest BCUT2D eigenvalue weighted by Gasteiger charge is 2.35. The highest BCUT2D eigenvalue weighted by molar-refractivity contribution is 9.10. The van der Waals surface area contributed by atoms with Crippen LogP contribution in [-0.4, -0.2) is 40.4 Å². The van der Waals surface area contributed by atoms with Crippen molar-refractivity contribution >= 4 is 26.0 Å². The van der Waals surface area contributed by atoms with Gasteiger partial charge in [0.1, 0.15) is 23.1 Å². The molecule has 0 radical (unpaired) electrons. The van der Waals surface area contributed by atoms with E-state index in [1.807, 2.05) is 0 Å². The molecule has 29 heavy (non-hydrogen) atoms. The van der Waals surface area contributed by atoms with Crippen LogP contribution in [0.25, 0.3) is 0 Å². The molecule has 1 aliphatic rings. The lowest BCUT2D eigenvalue weighted by atomic mass is 10.2. The van der Waals surface area contributed by atoms with E-state index in [0.717, 1.165) is 10.0 Å². The number of benzene rings is 2. The predicted molar refractivity (Wildman–Crippen MR) is 107 cm³/mol. The van der Waals surface area contributed by atoms with Crippen molar-refractivity contribution in [2.75, 3.05) is 6.61 Å². The maximum atomic E-state index is 13.2. The molecule has 1 aliphatic heterocycles. The Labute approximate surface area is 176 Å². The molecule has 0 saturated heterocycles. The number of hydrogen-bond acceptors (Lipinski definition) is 5. The zero-order chi connectivity index (χ0) is 20.6. The van der Waals surface area contributed by atoms with E-state index in [9.17, 15) is 12.8 Å². The molecule has 0 N–H and O–H groups in total. The smallest absolute Gasteiger partial charge is 0.247 e. The van der Waals surface area contributed by atoms with Gasteiger partial charge in [-0.15, -0.1) is 5.10 Å². The first kappa shape index (κ1) is 20.0. The van der Waals surface area contributed by atoms with Crippen LogP contribution >= 0.6 is 15.9 Å². The second kappa shape index (κ2) is 7.85. The van der Waals surface area contributed by atoms with Crippen molar-refractivity contribution in [1.82, 2.24) is 19.3 Å². The molecule has 1 aromatic heterocycles. The molecule has 10 heteroatoms. The van der Waals surface area contributed by atoms with Gasteiger partial charge in [-0.3, -0.25) is 0 Å². The first-order valence-corrected chi connectivity index (χ1v) is 11.1. The monoisotopic (exact) mass is 480 g/mol. The van der Waals surface area contributed by atoms with Gasteiger partial charge in [-0.25, -0.2) is 17.5 Å². The Balaban J connectivity index is 1.57. The summed E-state index contributed by atoms with van der Waals surface area (Å²) in [5.41, 5.74) is 1.38. The van der Waals surface area contributed by atoms with Gasteiger partial charge in [0.15, 0.2) is 0 Å². The van der Waals surface area contributed by atoms with Crippen LogP contribution in [-0.2, 0) is 23.1 Å². The summed E-state index contributed by atoms with van der Waals surface area (Å²) in [4.78, 5) is 0.128. The van der Waals surface area contributed by atoms with Gasteiger partial charge < -0.3 is 4.74 Å². The summed E-state index contributed by atoms with van der Waals surface area (Å²) in [6, 6.07) is 10.6. The zero-order valence-corrected chi connectivity index (χ0v) is 17.9. The Morgan fingerprint density at radius 1 is 1.21 bits per heavy atom. The molecule has 0 spiro atoms. The molecule has 152 valence electrons. The zero-order valence-electron chi connectivity index (χ0n) is 15.5. The number of sulfonamides is 1. The van der Waals surface area contributed by atoms with Crippen LogP contribution in [0.1, 0.15) is 18.2 Å². The van der Waals surface area contributed by atoms with Gasteiger partial charge in [-0.05, 0) is 42.8 Å². The number of halogens is 2. The minimum absolute atomic E-state index is 0.0752. The van der Waals surface area contributed by atoms with Crippen LogP contribution in [0.2, 0.25) is 0 Å². The fourth-order valence-corrected chi connectivity index (χ4v) is 5.17. The van der Waals surface area contributed by atoms with Crippen LogP contribution in [0.4, 0.5) is 4.39 Å². The van der Waals surface area contributed by atoms with Crippen LogP contribution in [0.5, 0.6) is 5.75 Å². The first-order valence-electron chi connectivity index (χ1n) is 8.90. The molecule has 0 saturated carbocycles. The third-order valence-electron chi connectivity index (χ3n) is 4.63. The Bertz CT molecular complexity index is 1130. The minimum atomic E-state index is -3.77. The summed E-state index contributed by atoms with van der Waals surface area (Å²) >= 11 is 3.34. The van der Waals surface area contributed by atoms with Gasteiger partial charge in [-0.2, -0.15) is 4.31 Å². The van der Waals surface area contributed by atoms with Gasteiger partial charge in [0.25, 0.3) is 0 Å². The van der Waals surface area contributed by atoms with Crippen molar-refractivity contribution in [3.05, 3.63) is 70.2 Å². The number of fused-ring (bicyclic) bond motifs is 1. The average molecular weight is 481 g/mol. The molecule has 4 rings (SSSR count). The molecule has 0 aliphatic carbocycles. The van der Waals surface area contributed by atoms with Crippen LogP contribution in [0, 0.1) is 5.82 Å². The number of nitrogens with zero attached hydrogens (tertiary/aromatic N) is 4. The number of hydrogen-bond donors (Lipinski definition) is 0. The van der Waals surface area contributed by atoms with Crippen molar-refractivity contribution in [2.24, 2.45) is 0 Å². The summed E-state index contributed by atoms with van der Waals surface area (Å²) in [7, 11) is -3.77. The standard InChI is InChI=1S/C19H18BrFN4O3S/c1-13-12-28-18-8-15(20)4-7-19(18)29(26,27)25(13)11-17-10-24(23-22-17)9-14-2-5-16(21)6-3-14/h2-8,10,13H,9,11-12H2,1H3/t13-/m0/s1. The van der Waals surface area contributed by atoms with E-state index in [1.54, 1.807) is 42.1 Å². The SMILES string of the molecule is C[C@H]1COc2cc(Br)ccc2S(=O)(=O)N1Cc1cn(Cc2ccc(F)cc2)nn1. The van der Waals surface area contributed by atoms with E-state index in [-0.39, 0.29) is 29.9 Å². The van der Waals surface area contributed by atoms with Crippen molar-refractivity contribution in [2.45, 2.75) is 31.0 Å². The molecule has 0 bridgehead atoms. The quantitative estimate of drug-likeness (QED) is 0.572. The summed E-state index contributed by atoms with van der Waals surface area (Å²) < 4.78 is 48.9. The van der Waals surface area contributed by atoms with E-state index in [0.29, 0.717) is 18.0 Å². The second-order valence-corrected chi connectivity index (χ2v) is 9.61. The van der Waals surface area contributed by atoms with Crippen molar-refractivity contribution < 1.29 is 17.5 Å². The predicted octanol–water partition coefficient (Wildman–Crippen LogP) is 3.20. The van der Waals surface area contributed by atoms with E-state index >= 15 is 0 Å². The van der Waals surface area contributed by atoms with Crippen molar-refractivity contribution in [3.8, 4) is 5.75 Å². The highest BCUT2D eigenvalue weighted by Crippen LogP contribution is 2.34. The highest BCUT2D eigenvalue weighted by atomic mass is 79.9. The Morgan fingerprint density at radius 3 is 2.72 bits per heavy atom. The van der Waals surface area contributed by atoms with Gasteiger partial charge in [0, 0.05) is 4.47 Å². The summed E-state index contributed by atoms with van der Waals surface area (Å²) in [5, 5.41) is 8.17. The molecule has 2 aromatic carbocycles. The lowest BCUT2D eigenvalue weighted by molar-refractivity contribution is 0.219. The fourth-order valence-electron chi connectivity index (χ4n) is 3.13. The molecule has 0 fully saturated rings. The lowest BCUT2D eigenvalue weighted by Gasteiger charge is -2.24. The Morgan fingerprint density at radius 2 is 1.97 bits per heavy atom. The van der Waals surface area contributed by atoms with Gasteiger partial charge in [-0.1, -0.05) is 33.3 Å². The third-order valence-corrected chi connectivity index (χ3v) is 7.12. The normalized spacial score (nSPS) is 18.7. The Hall–Kier alpha value is -2.30. The maximum Gasteiger partial charge on any atom is 0.247 e. The largest absolute Gasteiger partial charge is 0.490 e. The number of ether oxygens (including phenoxy) is 1. The lowest BCUT2D eigenvalue weighted by Crippen LogP contribution is -2.39. The van der Waals surface area contributed by atoms with E-state index in [2.05, 4.69) is 26.2 Å². The molecule has 2 heterocycles. The topological polar surface area (TPSA) is 77.3 Å². The Kier molecular flexibility index (Phi) is 5.41. The van der Waals surface area contributed by atoms with Gasteiger partial charge in [0.2, 0.25) is 10.0 Å². The summed E-state index contributed by atoms with van der Waals surface area (Å²) in [6.45, 7) is 2.51. The fraction of sp³-hybridized carbons (Fsp3) is 0.263. The van der Waals surface area contributed by atoms with Gasteiger partial charge in [0.05, 0.1) is 31.0 Å². The minimum Gasteiger partial charge on any atom is -0.490 e. The maximum absolute atomic E-state index is 13.2. The molecule has 1 atom stereocenters. The molecule has 7 nitrogen and oxygen atoms in total. The second-order valence-electron chi connectivity index (χ2n) is 6.84. The average Bonchev–Trinajstić information content (AvgIpc) is 3.09. The molecule has 0 amide bonds. The van der Waals surface area contributed by atoms with Crippen molar-refractivity contribution in [3.63, 3.8) is 0 Å². The molecule has 0 unspecified atom stereocenters. The molecular formula is C19H18BrFN4O3S. The van der Waals surface area contributed by atoms with Crippen LogP contribution < -0.4 is 4.74 Å². The van der Waals surface area contributed by atoms with Gasteiger partial charge >= 0.3 is 0 Å².